The van der Waals surface area contributed by atoms with Gasteiger partial charge in [-0.1, -0.05) is 23.9 Å². The predicted octanol–water partition coefficient (Wildman–Crippen LogP) is 1.82. The van der Waals surface area contributed by atoms with E-state index in [-0.39, 0.29) is 0 Å². The summed E-state index contributed by atoms with van der Waals surface area (Å²) in [4.78, 5) is 4.03. The van der Waals surface area contributed by atoms with Crippen molar-refractivity contribution in [2.75, 3.05) is 12.4 Å². The highest BCUT2D eigenvalue weighted by atomic mass is 32.2. The Morgan fingerprint density at radius 2 is 2.11 bits per heavy atom. The molecular weight excluding hydrogens is 248 g/mol. The van der Waals surface area contributed by atoms with Gasteiger partial charge in [0.2, 0.25) is 0 Å². The third-order valence-electron chi connectivity index (χ3n) is 2.35. The number of hydrogen-bond donors (Lipinski definition) is 2. The number of H-pyrrole nitrogens is 1. The lowest BCUT2D eigenvalue weighted by Crippen LogP contribution is -2.00. The Morgan fingerprint density at radius 3 is 2.78 bits per heavy atom. The summed E-state index contributed by atoms with van der Waals surface area (Å²) in [7, 11) is 0. The van der Waals surface area contributed by atoms with Gasteiger partial charge in [0.25, 0.3) is 0 Å². The molecule has 0 atom stereocenters. The van der Waals surface area contributed by atoms with Gasteiger partial charge in [-0.15, -0.1) is 0 Å². The van der Waals surface area contributed by atoms with Gasteiger partial charge in [0.1, 0.15) is 12.1 Å². The Kier molecular flexibility index (Phi) is 5.04. The molecule has 1 heterocycles. The molecule has 0 unspecified atom stereocenters. The van der Waals surface area contributed by atoms with Gasteiger partial charge in [-0.2, -0.15) is 5.10 Å². The molecule has 2 rings (SSSR count). The molecule has 6 heteroatoms. The summed E-state index contributed by atoms with van der Waals surface area (Å²) in [5.41, 5.74) is 6.64. The van der Waals surface area contributed by atoms with E-state index < -0.39 is 0 Å². The van der Waals surface area contributed by atoms with E-state index in [0.29, 0.717) is 13.2 Å². The van der Waals surface area contributed by atoms with Crippen molar-refractivity contribution >= 4 is 11.8 Å². The third-order valence-corrected chi connectivity index (χ3v) is 3.31. The Balaban J connectivity index is 1.62. The van der Waals surface area contributed by atoms with Crippen molar-refractivity contribution < 1.29 is 4.74 Å². The Labute approximate surface area is 110 Å². The molecule has 2 aromatic rings. The van der Waals surface area contributed by atoms with Crippen LogP contribution in [0.25, 0.3) is 0 Å². The minimum atomic E-state index is 0.564. The summed E-state index contributed by atoms with van der Waals surface area (Å²) in [6, 6.07) is 7.87. The van der Waals surface area contributed by atoms with Crippen LogP contribution in [-0.2, 0) is 6.54 Å². The van der Waals surface area contributed by atoms with Gasteiger partial charge in [-0.3, -0.25) is 5.10 Å². The molecule has 0 amide bonds. The predicted molar refractivity (Wildman–Crippen MR) is 71.6 cm³/mol. The second kappa shape index (κ2) is 7.03. The molecular formula is C12H16N4OS. The van der Waals surface area contributed by atoms with E-state index >= 15 is 0 Å². The van der Waals surface area contributed by atoms with Crippen LogP contribution in [-0.4, -0.2) is 27.5 Å². The maximum absolute atomic E-state index is 5.62. The van der Waals surface area contributed by atoms with Crippen LogP contribution in [0, 0.1) is 0 Å². The summed E-state index contributed by atoms with van der Waals surface area (Å²) in [5.74, 6) is 1.84. The van der Waals surface area contributed by atoms with E-state index in [1.165, 1.54) is 6.33 Å². The maximum Gasteiger partial charge on any atom is 0.183 e. The number of hydrogen-bond acceptors (Lipinski definition) is 5. The molecule has 1 aromatic carbocycles. The summed E-state index contributed by atoms with van der Waals surface area (Å²) in [5, 5.41) is 7.44. The molecule has 0 aliphatic rings. The maximum atomic E-state index is 5.62. The first-order chi connectivity index (χ1) is 8.88. The van der Waals surface area contributed by atoms with Crippen molar-refractivity contribution in [1.29, 1.82) is 0 Å². The topological polar surface area (TPSA) is 76.8 Å². The first-order valence-electron chi connectivity index (χ1n) is 5.78. The number of rotatable bonds is 7. The largest absolute Gasteiger partial charge is 0.494 e. The summed E-state index contributed by atoms with van der Waals surface area (Å²) >= 11 is 1.64. The zero-order chi connectivity index (χ0) is 12.6. The van der Waals surface area contributed by atoms with E-state index in [1.54, 1.807) is 11.8 Å². The van der Waals surface area contributed by atoms with Crippen LogP contribution >= 0.6 is 11.8 Å². The Morgan fingerprint density at radius 1 is 1.28 bits per heavy atom. The number of nitrogens with zero attached hydrogens (tertiary/aromatic N) is 2. The second-order valence-corrected chi connectivity index (χ2v) is 4.77. The Bertz CT molecular complexity index is 444. The monoisotopic (exact) mass is 264 g/mol. The number of thioether (sulfide) groups is 1. The number of nitrogens with two attached hydrogens (primary N) is 1. The smallest absolute Gasteiger partial charge is 0.183 e. The molecule has 5 nitrogen and oxygen atoms in total. The van der Waals surface area contributed by atoms with Crippen LogP contribution < -0.4 is 10.5 Å². The minimum absolute atomic E-state index is 0.564. The average molecular weight is 264 g/mol. The van der Waals surface area contributed by atoms with Crippen LogP contribution in [0.1, 0.15) is 12.0 Å². The number of aromatic amines is 1. The molecule has 0 bridgehead atoms. The highest BCUT2D eigenvalue weighted by molar-refractivity contribution is 7.99. The standard InChI is InChI=1S/C12H16N4OS/c13-8-10-2-4-11(5-3-10)17-6-1-7-18-12-14-9-15-16-12/h2-5,9H,1,6-8,13H2,(H,14,15,16). The zero-order valence-electron chi connectivity index (χ0n) is 10.0. The van der Waals surface area contributed by atoms with Gasteiger partial charge >= 0.3 is 0 Å². The lowest BCUT2D eigenvalue weighted by molar-refractivity contribution is 0.318. The highest BCUT2D eigenvalue weighted by Gasteiger charge is 1.97. The van der Waals surface area contributed by atoms with Crippen molar-refractivity contribution in [3.05, 3.63) is 36.2 Å². The van der Waals surface area contributed by atoms with Crippen molar-refractivity contribution in [1.82, 2.24) is 15.2 Å². The molecule has 0 radical (unpaired) electrons. The molecule has 0 spiro atoms. The van der Waals surface area contributed by atoms with Crippen LogP contribution in [0.2, 0.25) is 0 Å². The average Bonchev–Trinajstić information content (AvgIpc) is 2.92. The number of aromatic nitrogens is 3. The van der Waals surface area contributed by atoms with Crippen LogP contribution in [0.5, 0.6) is 5.75 Å². The summed E-state index contributed by atoms with van der Waals surface area (Å²) < 4.78 is 5.62. The normalized spacial score (nSPS) is 10.5. The number of ether oxygens (including phenoxy) is 1. The van der Waals surface area contributed by atoms with Gasteiger partial charge < -0.3 is 10.5 Å². The molecule has 96 valence electrons. The zero-order valence-corrected chi connectivity index (χ0v) is 10.8. The quantitative estimate of drug-likeness (QED) is 0.589. The van der Waals surface area contributed by atoms with E-state index in [0.717, 1.165) is 28.6 Å². The van der Waals surface area contributed by atoms with Gasteiger partial charge in [-0.05, 0) is 24.1 Å². The summed E-state index contributed by atoms with van der Waals surface area (Å²) in [6.45, 7) is 1.26. The van der Waals surface area contributed by atoms with Crippen LogP contribution in [0.4, 0.5) is 0 Å². The fraction of sp³-hybridized carbons (Fsp3) is 0.333. The molecule has 3 N–H and O–H groups in total. The second-order valence-electron chi connectivity index (χ2n) is 3.69. The van der Waals surface area contributed by atoms with Gasteiger partial charge in [-0.25, -0.2) is 4.98 Å². The van der Waals surface area contributed by atoms with Crippen molar-refractivity contribution in [2.45, 2.75) is 18.1 Å². The fourth-order valence-electron chi connectivity index (χ4n) is 1.40. The number of benzene rings is 1. The molecule has 0 aliphatic carbocycles. The molecule has 0 saturated carbocycles. The SMILES string of the molecule is NCc1ccc(OCCCSc2ncn[nH]2)cc1. The third kappa shape index (κ3) is 4.05. The lowest BCUT2D eigenvalue weighted by atomic mass is 10.2. The molecule has 0 aliphatic heterocycles. The van der Waals surface area contributed by atoms with Gasteiger partial charge in [0.05, 0.1) is 6.61 Å². The van der Waals surface area contributed by atoms with Crippen molar-refractivity contribution in [3.8, 4) is 5.75 Å². The molecule has 0 saturated heterocycles. The first-order valence-corrected chi connectivity index (χ1v) is 6.77. The number of nitrogens with one attached hydrogen (secondary N) is 1. The minimum Gasteiger partial charge on any atom is -0.494 e. The van der Waals surface area contributed by atoms with E-state index in [9.17, 15) is 0 Å². The fourth-order valence-corrected chi connectivity index (χ4v) is 2.10. The molecule has 1 aromatic heterocycles. The van der Waals surface area contributed by atoms with Gasteiger partial charge in [0.15, 0.2) is 5.16 Å². The van der Waals surface area contributed by atoms with Crippen molar-refractivity contribution in [2.24, 2.45) is 5.73 Å². The van der Waals surface area contributed by atoms with Crippen LogP contribution in [0.3, 0.4) is 0 Å². The van der Waals surface area contributed by atoms with Crippen LogP contribution in [0.15, 0.2) is 35.7 Å². The highest BCUT2D eigenvalue weighted by Crippen LogP contribution is 2.14. The Hall–Kier alpha value is -1.53. The van der Waals surface area contributed by atoms with E-state index in [2.05, 4.69) is 15.2 Å². The van der Waals surface area contributed by atoms with Gasteiger partial charge in [0, 0.05) is 12.3 Å². The van der Waals surface area contributed by atoms with E-state index in [4.69, 9.17) is 10.5 Å². The molecule has 18 heavy (non-hydrogen) atoms. The first kappa shape index (κ1) is 12.9. The summed E-state index contributed by atoms with van der Waals surface area (Å²) in [6.07, 6.45) is 2.47. The lowest BCUT2D eigenvalue weighted by Gasteiger charge is -2.06. The molecule has 0 fully saturated rings. The van der Waals surface area contributed by atoms with Crippen molar-refractivity contribution in [3.63, 3.8) is 0 Å². The van der Waals surface area contributed by atoms with E-state index in [1.807, 2.05) is 24.3 Å².